The molecular weight excluding hydrogens is 86.1 g/mol. The Balaban J connectivity index is 3.82. The summed E-state index contributed by atoms with van der Waals surface area (Å²) in [5.41, 5.74) is 2.07. The third kappa shape index (κ3) is 2.15. The molecule has 0 aromatic carbocycles. The fourth-order valence-electron chi connectivity index (χ4n) is 0.191. The molecule has 1 nitrogen and oxygen atoms in total. The van der Waals surface area contributed by atoms with Crippen molar-refractivity contribution in [1.29, 1.82) is 0 Å². The van der Waals surface area contributed by atoms with E-state index in [1.54, 1.807) is 7.05 Å². The Labute approximate surface area is 44.8 Å². The summed E-state index contributed by atoms with van der Waals surface area (Å²) in [5, 5.41) is 0. The maximum Gasteiger partial charge on any atom is 0.0337 e. The average Bonchev–Trinajstić information content (AvgIpc) is 1.65. The van der Waals surface area contributed by atoms with E-state index in [0.717, 1.165) is 11.3 Å². The molecular formula is C6H11N. The number of nitrogens with zero attached hydrogens (tertiary/aromatic N) is 1. The van der Waals surface area contributed by atoms with Crippen LogP contribution in [0.3, 0.4) is 0 Å². The van der Waals surface area contributed by atoms with Gasteiger partial charge in [0, 0.05) is 12.8 Å². The van der Waals surface area contributed by atoms with Gasteiger partial charge in [0.15, 0.2) is 0 Å². The molecule has 0 saturated carbocycles. The molecule has 0 radical (unpaired) electrons. The van der Waals surface area contributed by atoms with Gasteiger partial charge in [-0.2, -0.15) is 0 Å². The van der Waals surface area contributed by atoms with Crippen LogP contribution in [0.2, 0.25) is 0 Å². The highest BCUT2D eigenvalue weighted by atomic mass is 14.7. The first-order valence-corrected chi connectivity index (χ1v) is 2.27. The molecule has 0 spiro atoms. The first-order valence-electron chi connectivity index (χ1n) is 2.27. The van der Waals surface area contributed by atoms with E-state index in [1.165, 1.54) is 0 Å². The van der Waals surface area contributed by atoms with Crippen molar-refractivity contribution in [1.82, 2.24) is 0 Å². The number of aliphatic imine (C=N–C) groups is 1. The van der Waals surface area contributed by atoms with Crippen molar-refractivity contribution >= 4 is 5.71 Å². The molecule has 1 heteroatoms. The minimum Gasteiger partial charge on any atom is -0.293 e. The average molecular weight is 97.2 g/mol. The van der Waals surface area contributed by atoms with Crippen molar-refractivity contribution in [2.45, 2.75) is 13.8 Å². The van der Waals surface area contributed by atoms with E-state index < -0.39 is 0 Å². The van der Waals surface area contributed by atoms with Crippen LogP contribution < -0.4 is 0 Å². The lowest BCUT2D eigenvalue weighted by atomic mass is 10.2. The van der Waals surface area contributed by atoms with Crippen molar-refractivity contribution in [3.63, 3.8) is 0 Å². The van der Waals surface area contributed by atoms with E-state index in [-0.39, 0.29) is 0 Å². The number of hydrogen-bond acceptors (Lipinski definition) is 1. The molecule has 0 aliphatic carbocycles. The fourth-order valence-corrected chi connectivity index (χ4v) is 0.191. The standard InChI is InChI=1S/C6H11N/c1-5(2)6(3)7-4/h1H2,2-4H3/b7-6-. The van der Waals surface area contributed by atoms with E-state index >= 15 is 0 Å². The lowest BCUT2D eigenvalue weighted by molar-refractivity contribution is 1.40. The normalized spacial score (nSPS) is 11.6. The van der Waals surface area contributed by atoms with Gasteiger partial charge in [-0.25, -0.2) is 0 Å². The van der Waals surface area contributed by atoms with Gasteiger partial charge in [0.05, 0.1) is 0 Å². The molecule has 0 heterocycles. The van der Waals surface area contributed by atoms with Gasteiger partial charge in [0.25, 0.3) is 0 Å². The van der Waals surface area contributed by atoms with E-state index in [2.05, 4.69) is 11.6 Å². The minimum absolute atomic E-state index is 1.03. The monoisotopic (exact) mass is 97.1 g/mol. The number of rotatable bonds is 1. The van der Waals surface area contributed by atoms with Gasteiger partial charge < -0.3 is 0 Å². The predicted molar refractivity (Wildman–Crippen MR) is 33.8 cm³/mol. The van der Waals surface area contributed by atoms with Crippen LogP contribution in [0.15, 0.2) is 17.1 Å². The molecule has 0 saturated heterocycles. The third-order valence-corrected chi connectivity index (χ3v) is 0.953. The zero-order chi connectivity index (χ0) is 5.86. The smallest absolute Gasteiger partial charge is 0.0337 e. The quantitative estimate of drug-likeness (QED) is 0.441. The van der Waals surface area contributed by atoms with Gasteiger partial charge in [-0.05, 0) is 19.4 Å². The summed E-state index contributed by atoms with van der Waals surface area (Å²) in [4.78, 5) is 3.91. The van der Waals surface area contributed by atoms with Crippen LogP contribution in [0.4, 0.5) is 0 Å². The summed E-state index contributed by atoms with van der Waals surface area (Å²) in [6, 6.07) is 0. The Morgan fingerprint density at radius 3 is 1.86 bits per heavy atom. The molecule has 0 unspecified atom stereocenters. The van der Waals surface area contributed by atoms with Crippen molar-refractivity contribution in [2.24, 2.45) is 4.99 Å². The molecule has 0 fully saturated rings. The highest BCUT2D eigenvalue weighted by molar-refractivity contribution is 5.96. The van der Waals surface area contributed by atoms with E-state index in [1.807, 2.05) is 13.8 Å². The summed E-state index contributed by atoms with van der Waals surface area (Å²) in [6.07, 6.45) is 0. The van der Waals surface area contributed by atoms with Gasteiger partial charge in [-0.15, -0.1) is 0 Å². The Bertz CT molecular complexity index is 101. The number of hydrogen-bond donors (Lipinski definition) is 0. The Morgan fingerprint density at radius 1 is 1.43 bits per heavy atom. The van der Waals surface area contributed by atoms with Crippen LogP contribution in [0, 0.1) is 0 Å². The minimum atomic E-state index is 1.03. The second-order valence-electron chi connectivity index (χ2n) is 1.59. The first kappa shape index (κ1) is 6.41. The van der Waals surface area contributed by atoms with Crippen molar-refractivity contribution < 1.29 is 0 Å². The highest BCUT2D eigenvalue weighted by Crippen LogP contribution is 1.88. The predicted octanol–water partition coefficient (Wildman–Crippen LogP) is 1.65. The molecule has 0 bridgehead atoms. The summed E-state index contributed by atoms with van der Waals surface area (Å²) >= 11 is 0. The molecule has 0 aromatic heterocycles. The molecule has 0 atom stereocenters. The van der Waals surface area contributed by atoms with E-state index in [0.29, 0.717) is 0 Å². The lowest BCUT2D eigenvalue weighted by Crippen LogP contribution is -1.88. The SMILES string of the molecule is C=C(C)/C(C)=N\C. The van der Waals surface area contributed by atoms with Gasteiger partial charge in [-0.3, -0.25) is 4.99 Å². The fraction of sp³-hybridized carbons (Fsp3) is 0.500. The molecule has 0 rings (SSSR count). The van der Waals surface area contributed by atoms with Crippen LogP contribution in [0.5, 0.6) is 0 Å². The second kappa shape index (κ2) is 2.56. The number of allylic oxidation sites excluding steroid dienone is 1. The molecule has 0 aromatic rings. The van der Waals surface area contributed by atoms with Crippen LogP contribution in [-0.2, 0) is 0 Å². The van der Waals surface area contributed by atoms with Gasteiger partial charge >= 0.3 is 0 Å². The Hall–Kier alpha value is -0.590. The van der Waals surface area contributed by atoms with Gasteiger partial charge in [0.1, 0.15) is 0 Å². The van der Waals surface area contributed by atoms with Crippen molar-refractivity contribution in [3.05, 3.63) is 12.2 Å². The van der Waals surface area contributed by atoms with Crippen LogP contribution >= 0.6 is 0 Å². The lowest BCUT2D eigenvalue weighted by Gasteiger charge is -1.90. The second-order valence-corrected chi connectivity index (χ2v) is 1.59. The molecule has 0 aliphatic rings. The maximum absolute atomic E-state index is 3.91. The molecule has 40 valence electrons. The zero-order valence-corrected chi connectivity index (χ0v) is 5.15. The van der Waals surface area contributed by atoms with Gasteiger partial charge in [-0.1, -0.05) is 6.58 Å². The summed E-state index contributed by atoms with van der Waals surface area (Å²) in [5.74, 6) is 0. The summed E-state index contributed by atoms with van der Waals surface area (Å²) in [7, 11) is 1.77. The summed E-state index contributed by atoms with van der Waals surface area (Å²) in [6.45, 7) is 7.59. The maximum atomic E-state index is 3.91. The molecule has 7 heavy (non-hydrogen) atoms. The van der Waals surface area contributed by atoms with Crippen molar-refractivity contribution in [2.75, 3.05) is 7.05 Å². The Morgan fingerprint density at radius 2 is 1.86 bits per heavy atom. The van der Waals surface area contributed by atoms with Crippen LogP contribution in [0.1, 0.15) is 13.8 Å². The van der Waals surface area contributed by atoms with E-state index in [4.69, 9.17) is 0 Å². The molecule has 0 N–H and O–H groups in total. The first-order chi connectivity index (χ1) is 3.18. The summed E-state index contributed by atoms with van der Waals surface area (Å²) < 4.78 is 0. The Kier molecular flexibility index (Phi) is 2.34. The zero-order valence-electron chi connectivity index (χ0n) is 5.15. The van der Waals surface area contributed by atoms with Crippen LogP contribution in [0.25, 0.3) is 0 Å². The highest BCUT2D eigenvalue weighted by Gasteiger charge is 1.83. The van der Waals surface area contributed by atoms with E-state index in [9.17, 15) is 0 Å². The topological polar surface area (TPSA) is 12.4 Å². The molecule has 0 amide bonds. The molecule has 0 aliphatic heterocycles. The van der Waals surface area contributed by atoms with Crippen LogP contribution in [-0.4, -0.2) is 12.8 Å². The largest absolute Gasteiger partial charge is 0.293 e. The van der Waals surface area contributed by atoms with Crippen molar-refractivity contribution in [3.8, 4) is 0 Å². The third-order valence-electron chi connectivity index (χ3n) is 0.953. The van der Waals surface area contributed by atoms with Gasteiger partial charge in [0.2, 0.25) is 0 Å².